The molecular formula is C35H34F2N6O2S. The van der Waals surface area contributed by atoms with E-state index in [4.69, 9.17) is 14.7 Å². The highest BCUT2D eigenvalue weighted by Gasteiger charge is 2.46. The second-order valence-corrected chi connectivity index (χ2v) is 14.1. The second-order valence-electron chi connectivity index (χ2n) is 13.2. The summed E-state index contributed by atoms with van der Waals surface area (Å²) in [7, 11) is 1.91. The number of amides is 1. The molecule has 1 atom stereocenters. The minimum atomic E-state index is -0.352. The molecule has 1 spiro atoms. The van der Waals surface area contributed by atoms with Gasteiger partial charge in [-0.2, -0.15) is 5.26 Å². The Bertz CT molecular complexity index is 1880. The van der Waals surface area contributed by atoms with Crippen LogP contribution in [0.3, 0.4) is 0 Å². The molecule has 2 aromatic carbocycles. The van der Waals surface area contributed by atoms with Crippen LogP contribution in [0.5, 0.6) is 0 Å². The van der Waals surface area contributed by atoms with E-state index >= 15 is 4.39 Å². The standard InChI is InChI=1S/C35H34F2N6O2S/c1-41(34-40-30(29(17-38)46-34)21-5-7-23(36)8-6-21)32-25-3-2-4-28(25)39-31-26(32)15-24(16-27(31)37)43-19-35(20-43)10-12-42(13-11-35)33(44)22-9-14-45-18-22/h5-8,15-16,22H,2-4,9-14,18-20H2,1H3/t22-/m1/s1. The summed E-state index contributed by atoms with van der Waals surface area (Å²) in [4.78, 5) is 29.2. The lowest BCUT2D eigenvalue weighted by molar-refractivity contribution is -0.138. The molecule has 8 rings (SSSR count). The molecule has 3 saturated heterocycles. The average molecular weight is 641 g/mol. The van der Waals surface area contributed by atoms with Crippen LogP contribution in [-0.2, 0) is 22.4 Å². The van der Waals surface area contributed by atoms with E-state index in [1.807, 2.05) is 16.8 Å². The fourth-order valence-corrected chi connectivity index (χ4v) is 8.58. The monoisotopic (exact) mass is 640 g/mol. The number of rotatable bonds is 5. The number of halogens is 2. The summed E-state index contributed by atoms with van der Waals surface area (Å²) in [5.41, 5.74) is 5.36. The van der Waals surface area contributed by atoms with Crippen LogP contribution in [0.1, 0.15) is 41.8 Å². The van der Waals surface area contributed by atoms with Crippen LogP contribution in [-0.4, -0.2) is 67.2 Å². The molecule has 0 radical (unpaired) electrons. The maximum atomic E-state index is 15.9. The Morgan fingerprint density at radius 3 is 2.63 bits per heavy atom. The molecule has 0 saturated carbocycles. The third-order valence-electron chi connectivity index (χ3n) is 10.3. The van der Waals surface area contributed by atoms with Gasteiger partial charge in [-0.3, -0.25) is 4.79 Å². The van der Waals surface area contributed by atoms with Gasteiger partial charge in [0.1, 0.15) is 28.0 Å². The smallest absolute Gasteiger partial charge is 0.228 e. The number of nitriles is 1. The van der Waals surface area contributed by atoms with Crippen LogP contribution in [0.25, 0.3) is 22.2 Å². The van der Waals surface area contributed by atoms with E-state index in [0.717, 1.165) is 92.7 Å². The van der Waals surface area contributed by atoms with Gasteiger partial charge in [-0.1, -0.05) is 11.3 Å². The number of hydrogen-bond donors (Lipinski definition) is 0. The maximum Gasteiger partial charge on any atom is 0.228 e. The summed E-state index contributed by atoms with van der Waals surface area (Å²) >= 11 is 1.27. The second kappa shape index (κ2) is 11.3. The zero-order chi connectivity index (χ0) is 31.6. The summed E-state index contributed by atoms with van der Waals surface area (Å²) in [6.45, 7) is 4.39. The van der Waals surface area contributed by atoms with Gasteiger partial charge in [-0.15, -0.1) is 0 Å². The molecule has 4 aliphatic rings. The Morgan fingerprint density at radius 1 is 1.13 bits per heavy atom. The normalized spacial score (nSPS) is 20.2. The van der Waals surface area contributed by atoms with Crippen molar-refractivity contribution in [1.29, 1.82) is 5.26 Å². The van der Waals surface area contributed by atoms with Crippen LogP contribution in [0.2, 0.25) is 0 Å². The molecule has 11 heteroatoms. The molecule has 1 amide bonds. The minimum absolute atomic E-state index is 0.000248. The van der Waals surface area contributed by atoms with Crippen molar-refractivity contribution in [1.82, 2.24) is 14.9 Å². The Hall–Kier alpha value is -4.14. The lowest BCUT2D eigenvalue weighted by atomic mass is 9.71. The molecule has 8 nitrogen and oxygen atoms in total. The van der Waals surface area contributed by atoms with Crippen LogP contribution in [0.4, 0.5) is 25.3 Å². The van der Waals surface area contributed by atoms with Crippen LogP contribution in [0, 0.1) is 34.3 Å². The van der Waals surface area contributed by atoms with Crippen molar-refractivity contribution in [3.63, 3.8) is 0 Å². The van der Waals surface area contributed by atoms with Gasteiger partial charge in [0.05, 0.1) is 18.2 Å². The molecule has 0 N–H and O–H groups in total. The highest BCUT2D eigenvalue weighted by atomic mass is 32.1. The van der Waals surface area contributed by atoms with Crippen molar-refractivity contribution < 1.29 is 18.3 Å². The van der Waals surface area contributed by atoms with Gasteiger partial charge >= 0.3 is 0 Å². The van der Waals surface area contributed by atoms with E-state index in [2.05, 4.69) is 17.0 Å². The SMILES string of the molecule is CN(c1nc(-c2ccc(F)cc2)c(C#N)s1)c1c2c(nc3c(F)cc(N4CC5(CCN(C(=O)[C@@H]6CCOC6)CC5)C4)cc13)CCC2. The van der Waals surface area contributed by atoms with E-state index in [-0.39, 0.29) is 28.9 Å². The number of hydrogen-bond acceptors (Lipinski definition) is 8. The first kappa shape index (κ1) is 29.3. The van der Waals surface area contributed by atoms with Gasteiger partial charge in [-0.05, 0) is 80.5 Å². The van der Waals surface area contributed by atoms with Crippen molar-refractivity contribution in [2.75, 3.05) is 56.2 Å². The quantitative estimate of drug-likeness (QED) is 0.256. The van der Waals surface area contributed by atoms with E-state index < -0.39 is 0 Å². The van der Waals surface area contributed by atoms with Gasteiger partial charge in [0.15, 0.2) is 10.9 Å². The van der Waals surface area contributed by atoms with E-state index in [1.165, 1.54) is 23.5 Å². The molecule has 4 aromatic rings. The van der Waals surface area contributed by atoms with Crippen molar-refractivity contribution in [2.45, 2.75) is 38.5 Å². The molecule has 3 aliphatic heterocycles. The zero-order valence-corrected chi connectivity index (χ0v) is 26.5. The lowest BCUT2D eigenvalue weighted by Gasteiger charge is -2.55. The molecule has 0 unspecified atom stereocenters. The zero-order valence-electron chi connectivity index (χ0n) is 25.7. The molecule has 1 aliphatic carbocycles. The topological polar surface area (TPSA) is 85.6 Å². The molecule has 3 fully saturated rings. The number of pyridine rings is 1. The third-order valence-corrected chi connectivity index (χ3v) is 11.4. The molecule has 0 bridgehead atoms. The minimum Gasteiger partial charge on any atom is -0.381 e. The number of thiazole rings is 1. The highest BCUT2D eigenvalue weighted by molar-refractivity contribution is 7.16. The number of carbonyl (C=O) groups is 1. The van der Waals surface area contributed by atoms with Crippen LogP contribution < -0.4 is 9.80 Å². The fourth-order valence-electron chi connectivity index (χ4n) is 7.73. The van der Waals surface area contributed by atoms with E-state index in [9.17, 15) is 14.4 Å². The van der Waals surface area contributed by atoms with Gasteiger partial charge in [0.25, 0.3) is 0 Å². The summed E-state index contributed by atoms with van der Waals surface area (Å²) in [6.07, 6.45) is 5.28. The molecule has 46 heavy (non-hydrogen) atoms. The first-order valence-corrected chi connectivity index (χ1v) is 16.8. The number of carbonyl (C=O) groups excluding carboxylic acids is 1. The van der Waals surface area contributed by atoms with E-state index in [1.54, 1.807) is 18.2 Å². The number of nitrogens with zero attached hydrogens (tertiary/aromatic N) is 6. The van der Waals surface area contributed by atoms with Crippen LogP contribution >= 0.6 is 11.3 Å². The van der Waals surface area contributed by atoms with E-state index in [0.29, 0.717) is 40.0 Å². The van der Waals surface area contributed by atoms with Gasteiger partial charge in [0, 0.05) is 67.6 Å². The highest BCUT2D eigenvalue weighted by Crippen LogP contribution is 2.47. The Labute approximate surface area is 270 Å². The summed E-state index contributed by atoms with van der Waals surface area (Å²) < 4.78 is 35.0. The van der Waals surface area contributed by atoms with Gasteiger partial charge in [-0.25, -0.2) is 18.7 Å². The molecule has 5 heterocycles. The largest absolute Gasteiger partial charge is 0.381 e. The number of benzene rings is 2. The predicted molar refractivity (Wildman–Crippen MR) is 173 cm³/mol. The summed E-state index contributed by atoms with van der Waals surface area (Å²) in [5.74, 6) is -0.472. The van der Waals surface area contributed by atoms with Gasteiger partial charge < -0.3 is 19.4 Å². The first-order chi connectivity index (χ1) is 22.3. The average Bonchev–Trinajstić information content (AvgIpc) is 3.84. The number of aromatic nitrogens is 2. The predicted octanol–water partition coefficient (Wildman–Crippen LogP) is 6.23. The summed E-state index contributed by atoms with van der Waals surface area (Å²) in [5, 5.41) is 11.3. The Morgan fingerprint density at radius 2 is 1.91 bits per heavy atom. The van der Waals surface area contributed by atoms with Crippen molar-refractivity contribution in [3.8, 4) is 17.3 Å². The fraction of sp³-hybridized carbons (Fsp3) is 0.429. The third kappa shape index (κ3) is 4.90. The van der Waals surface area contributed by atoms with Crippen molar-refractivity contribution >= 4 is 44.7 Å². The number of likely N-dealkylation sites (tertiary alicyclic amines) is 1. The number of fused-ring (bicyclic) bond motifs is 2. The van der Waals surface area contributed by atoms with Crippen molar-refractivity contribution in [2.24, 2.45) is 11.3 Å². The number of anilines is 3. The molecule has 236 valence electrons. The number of piperidine rings is 1. The summed E-state index contributed by atoms with van der Waals surface area (Å²) in [6, 6.07) is 11.9. The van der Waals surface area contributed by atoms with Gasteiger partial charge in [0.2, 0.25) is 5.91 Å². The van der Waals surface area contributed by atoms with Crippen molar-refractivity contribution in [3.05, 3.63) is 64.2 Å². The lowest BCUT2D eigenvalue weighted by Crippen LogP contribution is -2.61. The molecule has 2 aromatic heterocycles. The Kier molecular flexibility index (Phi) is 7.18. The maximum absolute atomic E-state index is 15.9. The molecular weight excluding hydrogens is 606 g/mol. The Balaban J connectivity index is 1.09. The number of aryl methyl sites for hydroxylation is 1. The first-order valence-electron chi connectivity index (χ1n) is 16.0. The number of ether oxygens (including phenoxy) is 1. The van der Waals surface area contributed by atoms with Crippen LogP contribution in [0.15, 0.2) is 36.4 Å².